The number of primary amides is 1. The molecule has 0 bridgehead atoms. The molecule has 0 aromatic rings. The van der Waals surface area contributed by atoms with Gasteiger partial charge in [0, 0.05) is 6.61 Å². The van der Waals surface area contributed by atoms with Crippen LogP contribution in [0.3, 0.4) is 0 Å². The van der Waals surface area contributed by atoms with Crippen LogP contribution in [-0.4, -0.2) is 49.2 Å². The van der Waals surface area contributed by atoms with Crippen LogP contribution in [0.5, 0.6) is 0 Å². The molecule has 0 aliphatic heterocycles. The second-order valence-electron chi connectivity index (χ2n) is 4.18. The number of nitrogens with two attached hydrogens (primary N) is 1. The van der Waals surface area contributed by atoms with Crippen molar-refractivity contribution in [1.29, 1.82) is 0 Å². The Bertz CT molecular complexity index is 236. The lowest BCUT2D eigenvalue weighted by molar-refractivity contribution is -0.142. The van der Waals surface area contributed by atoms with Gasteiger partial charge in [-0.1, -0.05) is 0 Å². The topological polar surface area (TPSA) is 108 Å². The quantitative estimate of drug-likeness (QED) is 0.694. The van der Waals surface area contributed by atoms with Crippen molar-refractivity contribution in [2.24, 2.45) is 5.73 Å². The summed E-state index contributed by atoms with van der Waals surface area (Å²) < 4.78 is 14.1. The zero-order valence-corrected chi connectivity index (χ0v) is 11.4. The van der Waals surface area contributed by atoms with E-state index in [4.69, 9.17) is 15.6 Å². The van der Waals surface area contributed by atoms with Crippen molar-refractivity contribution in [3.63, 3.8) is 0 Å². The van der Waals surface area contributed by atoms with E-state index < -0.39 is 17.7 Å². The Balaban J connectivity index is 0. The molecule has 0 aromatic heterocycles. The fourth-order valence-corrected chi connectivity index (χ4v) is 0.723. The fourth-order valence-electron chi connectivity index (χ4n) is 0.723. The number of carbonyl (C=O) groups excluding carboxylic acids is 1. The third-order valence-corrected chi connectivity index (χ3v) is 1.21. The van der Waals surface area contributed by atoms with Crippen molar-refractivity contribution in [2.45, 2.75) is 33.3 Å². The number of hydrogen-bond donors (Lipinski definition) is 2. The summed E-state index contributed by atoms with van der Waals surface area (Å²) in [5, 5.41) is 8.10. The second kappa shape index (κ2) is 10.8. The lowest BCUT2D eigenvalue weighted by Gasteiger charge is -2.16. The molecule has 0 saturated heterocycles. The van der Waals surface area contributed by atoms with Gasteiger partial charge in [0.15, 0.2) is 0 Å². The van der Waals surface area contributed by atoms with E-state index in [9.17, 15) is 9.59 Å². The van der Waals surface area contributed by atoms with Gasteiger partial charge in [-0.2, -0.15) is 0 Å². The van der Waals surface area contributed by atoms with Crippen molar-refractivity contribution in [2.75, 3.05) is 26.4 Å². The average molecular weight is 265 g/mol. The van der Waals surface area contributed by atoms with Gasteiger partial charge in [-0.05, 0) is 27.7 Å². The Hall–Kier alpha value is -1.34. The van der Waals surface area contributed by atoms with Crippen molar-refractivity contribution < 1.29 is 28.9 Å². The standard InChI is InChI=1S/C6H12O4.C5H11NO2/c1-2-9-3-4-10-5-6(7)8;1-5(2,3)8-4(6)7/h2-5H2,1H3,(H,7,8);1-3H3,(H2,6,7). The second-order valence-corrected chi connectivity index (χ2v) is 4.18. The fraction of sp³-hybridized carbons (Fsp3) is 0.818. The normalized spacial score (nSPS) is 10.2. The van der Waals surface area contributed by atoms with Crippen LogP contribution in [0.2, 0.25) is 0 Å². The smallest absolute Gasteiger partial charge is 0.405 e. The minimum absolute atomic E-state index is 0.243. The first kappa shape index (κ1) is 19.0. The molecule has 18 heavy (non-hydrogen) atoms. The predicted molar refractivity (Wildman–Crippen MR) is 65.4 cm³/mol. The number of aliphatic carboxylic acids is 1. The zero-order valence-electron chi connectivity index (χ0n) is 11.4. The maximum absolute atomic E-state index is 10.0. The molecule has 0 aliphatic carbocycles. The van der Waals surface area contributed by atoms with Gasteiger partial charge < -0.3 is 25.1 Å². The summed E-state index contributed by atoms with van der Waals surface area (Å²) in [6.07, 6.45) is -0.725. The van der Waals surface area contributed by atoms with E-state index in [-0.39, 0.29) is 6.61 Å². The zero-order chi connectivity index (χ0) is 14.6. The Morgan fingerprint density at radius 2 is 1.67 bits per heavy atom. The van der Waals surface area contributed by atoms with Gasteiger partial charge in [-0.3, -0.25) is 0 Å². The number of carboxylic acids is 1. The van der Waals surface area contributed by atoms with Gasteiger partial charge in [0.2, 0.25) is 0 Å². The Labute approximate surface area is 107 Å². The summed E-state index contributed by atoms with van der Waals surface area (Å²) in [4.78, 5) is 19.9. The Morgan fingerprint density at radius 1 is 1.17 bits per heavy atom. The highest BCUT2D eigenvalue weighted by atomic mass is 16.6. The molecule has 7 nitrogen and oxygen atoms in total. The van der Waals surface area contributed by atoms with Gasteiger partial charge in [-0.25, -0.2) is 9.59 Å². The number of hydrogen-bond acceptors (Lipinski definition) is 5. The summed E-state index contributed by atoms with van der Waals surface area (Å²) >= 11 is 0. The summed E-state index contributed by atoms with van der Waals surface area (Å²) in [5.74, 6) is -0.948. The van der Waals surface area contributed by atoms with Crippen LogP contribution in [0.25, 0.3) is 0 Å². The molecule has 0 spiro atoms. The molecule has 0 rings (SSSR count). The van der Waals surface area contributed by atoms with E-state index >= 15 is 0 Å². The van der Waals surface area contributed by atoms with Crippen molar-refractivity contribution in [3.05, 3.63) is 0 Å². The van der Waals surface area contributed by atoms with Crippen molar-refractivity contribution >= 4 is 12.1 Å². The molecule has 108 valence electrons. The number of carbonyl (C=O) groups is 2. The Morgan fingerprint density at radius 3 is 1.94 bits per heavy atom. The van der Waals surface area contributed by atoms with Crippen LogP contribution in [-0.2, 0) is 19.0 Å². The predicted octanol–water partition coefficient (Wildman–Crippen LogP) is 1.00. The van der Waals surface area contributed by atoms with Crippen LogP contribution in [0.1, 0.15) is 27.7 Å². The van der Waals surface area contributed by atoms with E-state index in [1.807, 2.05) is 6.92 Å². The number of carboxylic acid groups (broad SMARTS) is 1. The van der Waals surface area contributed by atoms with E-state index in [1.165, 1.54) is 0 Å². The molecule has 0 atom stereocenters. The molecule has 3 N–H and O–H groups in total. The van der Waals surface area contributed by atoms with Gasteiger partial charge >= 0.3 is 12.1 Å². The maximum Gasteiger partial charge on any atom is 0.405 e. The molecule has 0 heterocycles. The molecule has 7 heteroatoms. The molecule has 1 amide bonds. The molecule has 0 fully saturated rings. The van der Waals surface area contributed by atoms with Gasteiger partial charge in [-0.15, -0.1) is 0 Å². The number of ether oxygens (including phenoxy) is 3. The van der Waals surface area contributed by atoms with E-state index in [0.717, 1.165) is 0 Å². The third-order valence-electron chi connectivity index (χ3n) is 1.21. The first-order chi connectivity index (χ1) is 8.19. The molecule has 0 aromatic carbocycles. The number of amides is 1. The lowest BCUT2D eigenvalue weighted by Crippen LogP contribution is -2.27. The lowest BCUT2D eigenvalue weighted by atomic mass is 10.2. The summed E-state index contributed by atoms with van der Waals surface area (Å²) in [6, 6.07) is 0. The molecular weight excluding hydrogens is 242 g/mol. The van der Waals surface area contributed by atoms with E-state index in [1.54, 1.807) is 20.8 Å². The van der Waals surface area contributed by atoms with Crippen molar-refractivity contribution in [1.82, 2.24) is 0 Å². The number of rotatable bonds is 6. The first-order valence-electron chi connectivity index (χ1n) is 5.54. The largest absolute Gasteiger partial charge is 0.480 e. The summed E-state index contributed by atoms with van der Waals surface area (Å²) in [6.45, 7) is 8.36. The van der Waals surface area contributed by atoms with Gasteiger partial charge in [0.25, 0.3) is 0 Å². The molecular formula is C11H23NO6. The highest BCUT2D eigenvalue weighted by Gasteiger charge is 2.12. The van der Waals surface area contributed by atoms with Gasteiger partial charge in [0.1, 0.15) is 12.2 Å². The van der Waals surface area contributed by atoms with Crippen LogP contribution < -0.4 is 5.73 Å². The van der Waals surface area contributed by atoms with Gasteiger partial charge in [0.05, 0.1) is 13.2 Å². The van der Waals surface area contributed by atoms with Crippen LogP contribution >= 0.6 is 0 Å². The highest BCUT2D eigenvalue weighted by Crippen LogP contribution is 2.04. The molecule has 0 radical (unpaired) electrons. The molecule has 0 aliphatic rings. The average Bonchev–Trinajstić information content (AvgIpc) is 2.13. The minimum Gasteiger partial charge on any atom is -0.480 e. The monoisotopic (exact) mass is 265 g/mol. The van der Waals surface area contributed by atoms with Crippen LogP contribution in [0.4, 0.5) is 4.79 Å². The van der Waals surface area contributed by atoms with Crippen LogP contribution in [0.15, 0.2) is 0 Å². The van der Waals surface area contributed by atoms with Crippen LogP contribution in [0, 0.1) is 0 Å². The SMILES string of the molecule is CC(C)(C)OC(N)=O.CCOCCOCC(=O)O. The summed E-state index contributed by atoms with van der Waals surface area (Å²) in [5.41, 5.74) is 4.26. The third kappa shape index (κ3) is 24.1. The molecule has 0 unspecified atom stereocenters. The maximum atomic E-state index is 10.0. The summed E-state index contributed by atoms with van der Waals surface area (Å²) in [7, 11) is 0. The highest BCUT2D eigenvalue weighted by molar-refractivity contribution is 5.67. The first-order valence-corrected chi connectivity index (χ1v) is 5.54. The Kier molecular flexibility index (Phi) is 11.4. The minimum atomic E-state index is -0.948. The van der Waals surface area contributed by atoms with E-state index in [0.29, 0.717) is 19.8 Å². The van der Waals surface area contributed by atoms with Crippen molar-refractivity contribution in [3.8, 4) is 0 Å². The van der Waals surface area contributed by atoms with E-state index in [2.05, 4.69) is 9.47 Å². The molecule has 0 saturated carbocycles.